The van der Waals surface area contributed by atoms with Crippen LogP contribution in [0, 0.1) is 5.92 Å². The van der Waals surface area contributed by atoms with Gasteiger partial charge in [-0.2, -0.15) is 13.2 Å². The molecule has 92 valence electrons. The predicted octanol–water partition coefficient (Wildman–Crippen LogP) is 2.63. The molecule has 1 heterocycles. The van der Waals surface area contributed by atoms with Crippen molar-refractivity contribution in [1.29, 1.82) is 0 Å². The number of nitrogens with one attached hydrogen (secondary N) is 1. The van der Waals surface area contributed by atoms with E-state index in [1.165, 1.54) is 6.07 Å². The van der Waals surface area contributed by atoms with E-state index in [0.717, 1.165) is 12.1 Å². The van der Waals surface area contributed by atoms with Crippen molar-refractivity contribution in [3.8, 4) is 0 Å². The van der Waals surface area contributed by atoms with Gasteiger partial charge in [-0.3, -0.25) is 4.79 Å². The molecule has 0 spiro atoms. The Morgan fingerprint density at radius 3 is 2.71 bits per heavy atom. The maximum atomic E-state index is 12.5. The molecule has 0 saturated carbocycles. The first-order valence-electron chi connectivity index (χ1n) is 5.36. The molecule has 2 nitrogen and oxygen atoms in total. The average Bonchev–Trinajstić information content (AvgIpc) is 2.37. The topological polar surface area (TPSA) is 29.1 Å². The minimum atomic E-state index is -4.41. The third kappa shape index (κ3) is 2.43. The van der Waals surface area contributed by atoms with Crippen LogP contribution in [-0.4, -0.2) is 12.5 Å². The molecule has 0 aromatic heterocycles. The highest BCUT2D eigenvalue weighted by Gasteiger charge is 2.32. The molecular formula is C12H12F3NO. The molecule has 5 heteroatoms. The standard InChI is InChI=1S/C12H12F3NO/c1-7-4-8-2-3-9(12(13,14)15)5-10(8)11(17)16-6-7/h2-3,5,7H,4,6H2,1H3,(H,16,17)/t7-/m0/s1. The van der Waals surface area contributed by atoms with E-state index in [2.05, 4.69) is 5.32 Å². The first kappa shape index (κ1) is 12.0. The Balaban J connectivity index is 2.47. The summed E-state index contributed by atoms with van der Waals surface area (Å²) in [5.41, 5.74) is 0.0469. The summed E-state index contributed by atoms with van der Waals surface area (Å²) < 4.78 is 37.6. The third-order valence-electron chi connectivity index (χ3n) is 2.86. The lowest BCUT2D eigenvalue weighted by Gasteiger charge is -2.10. The fraction of sp³-hybridized carbons (Fsp3) is 0.417. The Morgan fingerprint density at radius 2 is 2.06 bits per heavy atom. The summed E-state index contributed by atoms with van der Waals surface area (Å²) in [4.78, 5) is 11.7. The van der Waals surface area contributed by atoms with Crippen molar-refractivity contribution in [2.24, 2.45) is 5.92 Å². The third-order valence-corrected chi connectivity index (χ3v) is 2.86. The lowest BCUT2D eigenvalue weighted by atomic mass is 9.97. The molecule has 0 fully saturated rings. The van der Waals surface area contributed by atoms with Gasteiger partial charge in [-0.15, -0.1) is 0 Å². The first-order valence-corrected chi connectivity index (χ1v) is 5.36. The van der Waals surface area contributed by atoms with E-state index >= 15 is 0 Å². The van der Waals surface area contributed by atoms with Gasteiger partial charge in [0.25, 0.3) is 5.91 Å². The van der Waals surface area contributed by atoms with Crippen LogP contribution < -0.4 is 5.32 Å². The van der Waals surface area contributed by atoms with Crippen LogP contribution in [0.1, 0.15) is 28.4 Å². The van der Waals surface area contributed by atoms with E-state index in [4.69, 9.17) is 0 Å². The van der Waals surface area contributed by atoms with Crippen molar-refractivity contribution in [3.63, 3.8) is 0 Å². The number of rotatable bonds is 0. The molecule has 2 rings (SSSR count). The molecule has 1 aliphatic heterocycles. The number of hydrogen-bond acceptors (Lipinski definition) is 1. The second kappa shape index (κ2) is 4.05. The molecule has 17 heavy (non-hydrogen) atoms. The zero-order chi connectivity index (χ0) is 12.6. The summed E-state index contributed by atoms with van der Waals surface area (Å²) in [7, 11) is 0. The molecule has 1 N–H and O–H groups in total. The Morgan fingerprint density at radius 1 is 1.35 bits per heavy atom. The fourth-order valence-electron chi connectivity index (χ4n) is 1.95. The molecule has 1 amide bonds. The van der Waals surface area contributed by atoms with E-state index in [-0.39, 0.29) is 11.5 Å². The molecule has 1 atom stereocenters. The molecule has 1 aromatic rings. The number of hydrogen-bond donors (Lipinski definition) is 1. The van der Waals surface area contributed by atoms with E-state index in [1.807, 2.05) is 6.92 Å². The van der Waals surface area contributed by atoms with Crippen LogP contribution in [0.25, 0.3) is 0 Å². The normalized spacial score (nSPS) is 20.5. The van der Waals surface area contributed by atoms with E-state index in [0.29, 0.717) is 18.5 Å². The van der Waals surface area contributed by atoms with Crippen molar-refractivity contribution >= 4 is 5.91 Å². The maximum absolute atomic E-state index is 12.5. The van der Waals surface area contributed by atoms with Gasteiger partial charge in [0.15, 0.2) is 0 Å². The molecule has 0 aliphatic carbocycles. The maximum Gasteiger partial charge on any atom is 0.416 e. The second-order valence-corrected chi connectivity index (χ2v) is 4.39. The number of fused-ring (bicyclic) bond motifs is 1. The van der Waals surface area contributed by atoms with Gasteiger partial charge in [-0.05, 0) is 30.0 Å². The van der Waals surface area contributed by atoms with Crippen LogP contribution in [0.3, 0.4) is 0 Å². The molecule has 0 saturated heterocycles. The Labute approximate surface area is 96.8 Å². The van der Waals surface area contributed by atoms with Gasteiger partial charge in [0.2, 0.25) is 0 Å². The van der Waals surface area contributed by atoms with Crippen LogP contribution >= 0.6 is 0 Å². The second-order valence-electron chi connectivity index (χ2n) is 4.39. The van der Waals surface area contributed by atoms with Gasteiger partial charge in [0, 0.05) is 12.1 Å². The summed E-state index contributed by atoms with van der Waals surface area (Å²) >= 11 is 0. The van der Waals surface area contributed by atoms with Gasteiger partial charge in [-0.25, -0.2) is 0 Å². The smallest absolute Gasteiger partial charge is 0.352 e. The highest BCUT2D eigenvalue weighted by atomic mass is 19.4. The van der Waals surface area contributed by atoms with Crippen LogP contribution in [0.4, 0.5) is 13.2 Å². The summed E-state index contributed by atoms with van der Waals surface area (Å²) in [6, 6.07) is 3.37. The molecule has 0 unspecified atom stereocenters. The Kier molecular flexibility index (Phi) is 2.85. The van der Waals surface area contributed by atoms with E-state index in [1.54, 1.807) is 0 Å². The lowest BCUT2D eigenvalue weighted by molar-refractivity contribution is -0.137. The van der Waals surface area contributed by atoms with Crippen molar-refractivity contribution in [2.75, 3.05) is 6.54 Å². The highest BCUT2D eigenvalue weighted by Crippen LogP contribution is 2.31. The van der Waals surface area contributed by atoms with E-state index < -0.39 is 17.6 Å². The summed E-state index contributed by atoms with van der Waals surface area (Å²) in [5.74, 6) is -0.188. The number of amides is 1. The van der Waals surface area contributed by atoms with Gasteiger partial charge < -0.3 is 5.32 Å². The van der Waals surface area contributed by atoms with E-state index in [9.17, 15) is 18.0 Å². The number of carbonyl (C=O) groups is 1. The van der Waals surface area contributed by atoms with Gasteiger partial charge >= 0.3 is 6.18 Å². The van der Waals surface area contributed by atoms with Crippen LogP contribution in [-0.2, 0) is 12.6 Å². The van der Waals surface area contributed by atoms with Crippen molar-refractivity contribution in [3.05, 3.63) is 34.9 Å². The monoisotopic (exact) mass is 243 g/mol. The zero-order valence-corrected chi connectivity index (χ0v) is 9.27. The molecule has 1 aliphatic rings. The average molecular weight is 243 g/mol. The largest absolute Gasteiger partial charge is 0.416 e. The van der Waals surface area contributed by atoms with Gasteiger partial charge in [0.1, 0.15) is 0 Å². The minimum Gasteiger partial charge on any atom is -0.352 e. The van der Waals surface area contributed by atoms with Crippen molar-refractivity contribution in [2.45, 2.75) is 19.5 Å². The minimum absolute atomic E-state index is 0.143. The Hall–Kier alpha value is -1.52. The first-order chi connectivity index (χ1) is 7.88. The summed E-state index contributed by atoms with van der Waals surface area (Å²) in [6.07, 6.45) is -3.79. The highest BCUT2D eigenvalue weighted by molar-refractivity contribution is 5.96. The van der Waals surface area contributed by atoms with Crippen LogP contribution in [0.5, 0.6) is 0 Å². The molecule has 0 bridgehead atoms. The number of halogens is 3. The molecular weight excluding hydrogens is 231 g/mol. The summed E-state index contributed by atoms with van der Waals surface area (Å²) in [5, 5.41) is 2.62. The van der Waals surface area contributed by atoms with Crippen molar-refractivity contribution in [1.82, 2.24) is 5.32 Å². The predicted molar refractivity (Wildman–Crippen MR) is 56.6 cm³/mol. The molecule has 0 radical (unpaired) electrons. The fourth-order valence-corrected chi connectivity index (χ4v) is 1.95. The van der Waals surface area contributed by atoms with Crippen LogP contribution in [0.15, 0.2) is 18.2 Å². The Bertz CT molecular complexity index is 454. The van der Waals surface area contributed by atoms with Gasteiger partial charge in [-0.1, -0.05) is 13.0 Å². The SMILES string of the molecule is C[C@@H]1CNC(=O)c2cc(C(F)(F)F)ccc2C1. The number of alkyl halides is 3. The van der Waals surface area contributed by atoms with Crippen LogP contribution in [0.2, 0.25) is 0 Å². The lowest BCUT2D eigenvalue weighted by Crippen LogP contribution is -2.25. The van der Waals surface area contributed by atoms with Crippen molar-refractivity contribution < 1.29 is 18.0 Å². The summed E-state index contributed by atoms with van der Waals surface area (Å²) in [6.45, 7) is 2.45. The number of benzene rings is 1. The molecule has 1 aromatic carbocycles. The number of carbonyl (C=O) groups excluding carboxylic acids is 1. The van der Waals surface area contributed by atoms with Gasteiger partial charge in [0.05, 0.1) is 5.56 Å². The quantitative estimate of drug-likeness (QED) is 0.745. The zero-order valence-electron chi connectivity index (χ0n) is 9.27.